The molecule has 8 nitrogen and oxygen atoms in total. The first-order valence-electron chi connectivity index (χ1n) is 13.5. The molecular formula is C28H36N6O2S2. The Morgan fingerprint density at radius 2 is 1.82 bits per heavy atom. The molecule has 0 atom stereocenters. The predicted octanol–water partition coefficient (Wildman–Crippen LogP) is 4.63. The Morgan fingerprint density at radius 3 is 2.58 bits per heavy atom. The van der Waals surface area contributed by atoms with E-state index in [2.05, 4.69) is 29.7 Å². The highest BCUT2D eigenvalue weighted by Gasteiger charge is 2.23. The van der Waals surface area contributed by atoms with Crippen molar-refractivity contribution in [2.24, 2.45) is 0 Å². The van der Waals surface area contributed by atoms with E-state index in [1.54, 1.807) is 25.2 Å². The standard InChI is InChI=1S/C28H36N6O2S2/c1-35-25-18-23-24(19-26(25)36-17-7-12-32-10-5-2-6-11-32)30-21-31-27(23)33-13-15-34(16-14-33)28(37)38-20-22-8-3-4-9-29-22/h3-4,8-9,18-19,21H,2,5-7,10-17,20H2,1H3. The van der Waals surface area contributed by atoms with Crippen LogP contribution >= 0.6 is 24.0 Å². The number of thiocarbonyl (C=S) groups is 1. The highest BCUT2D eigenvalue weighted by atomic mass is 32.2. The van der Waals surface area contributed by atoms with Crippen molar-refractivity contribution in [1.29, 1.82) is 0 Å². The molecule has 2 saturated heterocycles. The summed E-state index contributed by atoms with van der Waals surface area (Å²) in [5.41, 5.74) is 1.91. The van der Waals surface area contributed by atoms with Gasteiger partial charge in [-0.15, -0.1) is 0 Å². The molecule has 4 heterocycles. The number of likely N-dealkylation sites (tertiary alicyclic amines) is 1. The van der Waals surface area contributed by atoms with Gasteiger partial charge in [0, 0.05) is 56.1 Å². The van der Waals surface area contributed by atoms with Gasteiger partial charge in [0.25, 0.3) is 0 Å². The Hall–Kier alpha value is -2.69. The second-order valence-corrected chi connectivity index (χ2v) is 11.3. The first kappa shape index (κ1) is 26.9. The van der Waals surface area contributed by atoms with Crippen LogP contribution in [0.2, 0.25) is 0 Å². The number of piperidine rings is 1. The zero-order valence-electron chi connectivity index (χ0n) is 22.1. The average Bonchev–Trinajstić information content (AvgIpc) is 2.98. The number of hydrogen-bond acceptors (Lipinski definition) is 9. The summed E-state index contributed by atoms with van der Waals surface area (Å²) in [6, 6.07) is 9.99. The van der Waals surface area contributed by atoms with Crippen molar-refractivity contribution in [2.75, 3.05) is 64.4 Å². The topological polar surface area (TPSA) is 66.8 Å². The third kappa shape index (κ3) is 6.84. The summed E-state index contributed by atoms with van der Waals surface area (Å²) < 4.78 is 12.8. The number of rotatable bonds is 9. The first-order valence-corrected chi connectivity index (χ1v) is 14.8. The molecule has 2 fully saturated rings. The van der Waals surface area contributed by atoms with Crippen molar-refractivity contribution in [1.82, 2.24) is 24.8 Å². The second-order valence-electron chi connectivity index (χ2n) is 9.67. The molecule has 0 radical (unpaired) electrons. The van der Waals surface area contributed by atoms with E-state index in [4.69, 9.17) is 21.7 Å². The zero-order valence-corrected chi connectivity index (χ0v) is 23.7. The quantitative estimate of drug-likeness (QED) is 0.277. The van der Waals surface area contributed by atoms with Gasteiger partial charge in [0.05, 0.1) is 24.9 Å². The molecule has 0 unspecified atom stereocenters. The van der Waals surface area contributed by atoms with Gasteiger partial charge in [-0.05, 0) is 50.6 Å². The monoisotopic (exact) mass is 552 g/mol. The zero-order chi connectivity index (χ0) is 26.2. The number of fused-ring (bicyclic) bond motifs is 1. The fourth-order valence-electron chi connectivity index (χ4n) is 5.04. The molecule has 0 aliphatic carbocycles. The molecule has 0 N–H and O–H groups in total. The molecule has 2 aliphatic heterocycles. The summed E-state index contributed by atoms with van der Waals surface area (Å²) in [4.78, 5) is 20.7. The Bertz CT molecular complexity index is 1200. The number of piperazine rings is 1. The summed E-state index contributed by atoms with van der Waals surface area (Å²) in [5, 5.41) is 0.977. The lowest BCUT2D eigenvalue weighted by molar-refractivity contribution is 0.203. The molecular weight excluding hydrogens is 516 g/mol. The van der Waals surface area contributed by atoms with Gasteiger partial charge in [-0.25, -0.2) is 9.97 Å². The molecule has 1 aromatic carbocycles. The number of hydrogen-bond donors (Lipinski definition) is 0. The molecule has 0 bridgehead atoms. The van der Waals surface area contributed by atoms with Crippen LogP contribution < -0.4 is 14.4 Å². The first-order chi connectivity index (χ1) is 18.7. The van der Waals surface area contributed by atoms with Gasteiger partial charge >= 0.3 is 0 Å². The minimum absolute atomic E-state index is 0.663. The fraction of sp³-hybridized carbons (Fsp3) is 0.500. The molecule has 10 heteroatoms. The van der Waals surface area contributed by atoms with Crippen LogP contribution in [-0.2, 0) is 5.75 Å². The normalized spacial score (nSPS) is 16.6. The van der Waals surface area contributed by atoms with Gasteiger partial charge in [-0.1, -0.05) is 36.5 Å². The maximum absolute atomic E-state index is 6.15. The van der Waals surface area contributed by atoms with Crippen molar-refractivity contribution in [3.63, 3.8) is 0 Å². The Balaban J connectivity index is 1.18. The molecule has 0 amide bonds. The highest BCUT2D eigenvalue weighted by Crippen LogP contribution is 2.35. The molecule has 0 spiro atoms. The lowest BCUT2D eigenvalue weighted by Gasteiger charge is -2.36. The summed E-state index contributed by atoms with van der Waals surface area (Å²) in [7, 11) is 1.69. The Kier molecular flexibility index (Phi) is 9.48. The largest absolute Gasteiger partial charge is 0.493 e. The van der Waals surface area contributed by atoms with E-state index in [-0.39, 0.29) is 0 Å². The van der Waals surface area contributed by atoms with Crippen molar-refractivity contribution < 1.29 is 9.47 Å². The highest BCUT2D eigenvalue weighted by molar-refractivity contribution is 8.22. The van der Waals surface area contributed by atoms with Crippen LogP contribution in [0.1, 0.15) is 31.4 Å². The number of thioether (sulfide) groups is 1. The Labute approximate surface area is 234 Å². The summed E-state index contributed by atoms with van der Waals surface area (Å²) >= 11 is 7.39. The predicted molar refractivity (Wildman–Crippen MR) is 158 cm³/mol. The van der Waals surface area contributed by atoms with Crippen molar-refractivity contribution >= 4 is 45.0 Å². The van der Waals surface area contributed by atoms with E-state index in [0.29, 0.717) is 6.61 Å². The van der Waals surface area contributed by atoms with Gasteiger partial charge in [-0.2, -0.15) is 0 Å². The summed E-state index contributed by atoms with van der Waals surface area (Å²) in [6.45, 7) is 7.56. The third-order valence-corrected chi connectivity index (χ3v) is 8.69. The van der Waals surface area contributed by atoms with Crippen molar-refractivity contribution in [3.05, 3.63) is 48.5 Å². The number of methoxy groups -OCH3 is 1. The van der Waals surface area contributed by atoms with Crippen LogP contribution in [0.25, 0.3) is 10.9 Å². The van der Waals surface area contributed by atoms with Crippen LogP contribution in [0.5, 0.6) is 11.5 Å². The fourth-order valence-corrected chi connectivity index (χ4v) is 6.21. The number of anilines is 1. The third-order valence-electron chi connectivity index (χ3n) is 7.13. The molecule has 2 aromatic heterocycles. The number of aromatic nitrogens is 3. The number of pyridine rings is 1. The molecule has 3 aromatic rings. The van der Waals surface area contributed by atoms with Gasteiger partial charge in [0.15, 0.2) is 11.5 Å². The van der Waals surface area contributed by atoms with Crippen LogP contribution in [0.3, 0.4) is 0 Å². The van der Waals surface area contributed by atoms with Gasteiger partial charge in [0.1, 0.15) is 16.5 Å². The van der Waals surface area contributed by atoms with E-state index in [0.717, 1.165) is 83.1 Å². The Morgan fingerprint density at radius 1 is 0.974 bits per heavy atom. The van der Waals surface area contributed by atoms with Crippen LogP contribution in [-0.4, -0.2) is 88.6 Å². The van der Waals surface area contributed by atoms with Crippen molar-refractivity contribution in [2.45, 2.75) is 31.4 Å². The van der Waals surface area contributed by atoms with Crippen LogP contribution in [0, 0.1) is 0 Å². The number of benzene rings is 1. The lowest BCUT2D eigenvalue weighted by Crippen LogP contribution is -2.48. The summed E-state index contributed by atoms with van der Waals surface area (Å²) in [6.07, 6.45) is 8.46. The average molecular weight is 553 g/mol. The SMILES string of the molecule is COc1cc2c(N3CCN(C(=S)SCc4ccccn4)CC3)ncnc2cc1OCCCN1CCCCC1. The van der Waals surface area contributed by atoms with E-state index in [9.17, 15) is 0 Å². The second kappa shape index (κ2) is 13.4. The molecule has 2 aliphatic rings. The minimum Gasteiger partial charge on any atom is -0.493 e. The van der Waals surface area contributed by atoms with E-state index >= 15 is 0 Å². The van der Waals surface area contributed by atoms with Gasteiger partial charge in [0.2, 0.25) is 0 Å². The van der Waals surface area contributed by atoms with Crippen LogP contribution in [0.4, 0.5) is 5.82 Å². The smallest absolute Gasteiger partial charge is 0.163 e. The summed E-state index contributed by atoms with van der Waals surface area (Å²) in [5.74, 6) is 3.18. The van der Waals surface area contributed by atoms with Gasteiger partial charge < -0.3 is 24.2 Å². The lowest BCUT2D eigenvalue weighted by atomic mass is 10.1. The minimum atomic E-state index is 0.663. The molecule has 5 rings (SSSR count). The van der Waals surface area contributed by atoms with E-state index in [1.807, 2.05) is 36.5 Å². The molecule has 38 heavy (non-hydrogen) atoms. The van der Waals surface area contributed by atoms with Crippen molar-refractivity contribution in [3.8, 4) is 11.5 Å². The van der Waals surface area contributed by atoms with Gasteiger partial charge in [-0.3, -0.25) is 4.98 Å². The maximum Gasteiger partial charge on any atom is 0.163 e. The van der Waals surface area contributed by atoms with E-state index < -0.39 is 0 Å². The number of nitrogens with zero attached hydrogens (tertiary/aromatic N) is 6. The molecule has 202 valence electrons. The maximum atomic E-state index is 6.15. The van der Waals surface area contributed by atoms with E-state index in [1.165, 1.54) is 32.4 Å². The van der Waals surface area contributed by atoms with Crippen LogP contribution in [0.15, 0.2) is 42.9 Å². The molecule has 0 saturated carbocycles. The number of ether oxygens (including phenoxy) is 2.